The van der Waals surface area contributed by atoms with E-state index in [0.717, 1.165) is 15.4 Å². The highest BCUT2D eigenvalue weighted by Gasteiger charge is 2.26. The van der Waals surface area contributed by atoms with Crippen LogP contribution in [0.2, 0.25) is 0 Å². The van der Waals surface area contributed by atoms with Crippen molar-refractivity contribution in [2.24, 2.45) is 0 Å². The molecule has 0 atom stereocenters. The van der Waals surface area contributed by atoms with Gasteiger partial charge in [0.15, 0.2) is 0 Å². The zero-order chi connectivity index (χ0) is 15.4. The Bertz CT molecular complexity index is 603. The number of ether oxygens (including phenoxy) is 1. The van der Waals surface area contributed by atoms with Crippen LogP contribution in [0.15, 0.2) is 0 Å². The van der Waals surface area contributed by atoms with E-state index in [0.29, 0.717) is 25.1 Å². The zero-order valence-electron chi connectivity index (χ0n) is 12.1. The number of esters is 1. The fourth-order valence-corrected chi connectivity index (χ4v) is 3.55. The SMILES string of the molecule is CNc1sc2c(c1C#N)CCN(C(=O)CCC(=O)OC)C2. The van der Waals surface area contributed by atoms with Crippen LogP contribution in [0.5, 0.6) is 0 Å². The minimum absolute atomic E-state index is 0.0519. The first kappa shape index (κ1) is 15.3. The number of thiophene rings is 1. The average molecular weight is 307 g/mol. The number of nitriles is 1. The quantitative estimate of drug-likeness (QED) is 0.852. The molecule has 1 aromatic heterocycles. The molecule has 1 aliphatic rings. The summed E-state index contributed by atoms with van der Waals surface area (Å²) in [6.45, 7) is 1.10. The Kier molecular flexibility index (Phi) is 4.81. The first-order chi connectivity index (χ1) is 10.1. The number of carbonyl (C=O) groups excluding carboxylic acids is 2. The largest absolute Gasteiger partial charge is 0.469 e. The van der Waals surface area contributed by atoms with E-state index < -0.39 is 0 Å². The molecule has 1 aliphatic heterocycles. The highest BCUT2D eigenvalue weighted by atomic mass is 32.1. The van der Waals surface area contributed by atoms with Crippen LogP contribution in [-0.2, 0) is 27.3 Å². The maximum atomic E-state index is 12.1. The van der Waals surface area contributed by atoms with Gasteiger partial charge in [-0.25, -0.2) is 0 Å². The zero-order valence-corrected chi connectivity index (χ0v) is 12.9. The average Bonchev–Trinajstić information content (AvgIpc) is 2.88. The van der Waals surface area contributed by atoms with Crippen LogP contribution in [0.3, 0.4) is 0 Å². The van der Waals surface area contributed by atoms with Crippen molar-refractivity contribution in [3.05, 3.63) is 16.0 Å². The Morgan fingerprint density at radius 2 is 2.24 bits per heavy atom. The van der Waals surface area contributed by atoms with Gasteiger partial charge in [0.05, 0.1) is 25.6 Å². The van der Waals surface area contributed by atoms with E-state index >= 15 is 0 Å². The summed E-state index contributed by atoms with van der Waals surface area (Å²) in [6.07, 6.45) is 0.950. The molecule has 2 rings (SSSR count). The van der Waals surface area contributed by atoms with Crippen molar-refractivity contribution in [1.29, 1.82) is 5.26 Å². The van der Waals surface area contributed by atoms with Gasteiger partial charge in [-0.15, -0.1) is 11.3 Å². The minimum atomic E-state index is -0.374. The van der Waals surface area contributed by atoms with Crippen LogP contribution in [0.4, 0.5) is 5.00 Å². The second-order valence-corrected chi connectivity index (χ2v) is 5.82. The van der Waals surface area contributed by atoms with Gasteiger partial charge in [-0.05, 0) is 12.0 Å². The van der Waals surface area contributed by atoms with Gasteiger partial charge in [-0.1, -0.05) is 0 Å². The van der Waals surface area contributed by atoms with E-state index in [4.69, 9.17) is 0 Å². The fraction of sp³-hybridized carbons (Fsp3) is 0.500. The standard InChI is InChI=1S/C14H17N3O3S/c1-16-14-10(7-15)9-5-6-17(8-11(9)21-14)12(18)3-4-13(19)20-2/h16H,3-6,8H2,1-2H3. The predicted molar refractivity (Wildman–Crippen MR) is 79.0 cm³/mol. The van der Waals surface area contributed by atoms with E-state index in [1.807, 2.05) is 0 Å². The number of nitrogens with one attached hydrogen (secondary N) is 1. The Hall–Kier alpha value is -2.07. The molecule has 0 radical (unpaired) electrons. The van der Waals surface area contributed by atoms with Crippen molar-refractivity contribution in [3.63, 3.8) is 0 Å². The third kappa shape index (κ3) is 3.16. The summed E-state index contributed by atoms with van der Waals surface area (Å²) in [5, 5.41) is 13.1. The maximum Gasteiger partial charge on any atom is 0.306 e. The van der Waals surface area contributed by atoms with E-state index in [-0.39, 0.29) is 24.7 Å². The first-order valence-electron chi connectivity index (χ1n) is 6.67. The normalized spacial score (nSPS) is 13.3. The molecule has 6 nitrogen and oxygen atoms in total. The summed E-state index contributed by atoms with van der Waals surface area (Å²) in [4.78, 5) is 26.0. The van der Waals surface area contributed by atoms with Gasteiger partial charge in [0.25, 0.3) is 0 Å². The van der Waals surface area contributed by atoms with Crippen molar-refractivity contribution < 1.29 is 14.3 Å². The number of rotatable bonds is 4. The summed E-state index contributed by atoms with van der Waals surface area (Å²) in [5.41, 5.74) is 1.74. The van der Waals surface area contributed by atoms with Gasteiger partial charge in [0.1, 0.15) is 11.1 Å². The predicted octanol–water partition coefficient (Wildman–Crippen LogP) is 1.50. The number of hydrogen-bond acceptors (Lipinski definition) is 6. The Labute approximate surface area is 127 Å². The molecule has 0 unspecified atom stereocenters. The lowest BCUT2D eigenvalue weighted by Crippen LogP contribution is -2.35. The molecule has 0 spiro atoms. The highest BCUT2D eigenvalue weighted by Crippen LogP contribution is 2.36. The van der Waals surface area contributed by atoms with Crippen molar-refractivity contribution in [2.45, 2.75) is 25.8 Å². The lowest BCUT2D eigenvalue weighted by Gasteiger charge is -2.26. The van der Waals surface area contributed by atoms with Crippen LogP contribution in [-0.4, -0.2) is 37.5 Å². The third-order valence-corrected chi connectivity index (χ3v) is 4.75. The van der Waals surface area contributed by atoms with Gasteiger partial charge in [0, 0.05) is 24.9 Å². The van der Waals surface area contributed by atoms with E-state index in [1.165, 1.54) is 18.4 Å². The Morgan fingerprint density at radius 1 is 1.48 bits per heavy atom. The number of nitrogens with zero attached hydrogens (tertiary/aromatic N) is 2. The number of carbonyl (C=O) groups is 2. The summed E-state index contributed by atoms with van der Waals surface area (Å²) in [5.74, 6) is -0.426. The monoisotopic (exact) mass is 307 g/mol. The van der Waals surface area contributed by atoms with Crippen LogP contribution in [0.1, 0.15) is 28.8 Å². The Balaban J connectivity index is 2.06. The lowest BCUT2D eigenvalue weighted by molar-refractivity contribution is -0.143. The molecule has 1 amide bonds. The van der Waals surface area contributed by atoms with Gasteiger partial charge >= 0.3 is 5.97 Å². The van der Waals surface area contributed by atoms with E-state index in [1.54, 1.807) is 11.9 Å². The number of amides is 1. The molecule has 112 valence electrons. The highest BCUT2D eigenvalue weighted by molar-refractivity contribution is 7.16. The van der Waals surface area contributed by atoms with Gasteiger partial charge in [-0.2, -0.15) is 5.26 Å². The van der Waals surface area contributed by atoms with Gasteiger partial charge in [0.2, 0.25) is 5.91 Å². The van der Waals surface area contributed by atoms with E-state index in [2.05, 4.69) is 16.1 Å². The molecule has 1 N–H and O–H groups in total. The lowest BCUT2D eigenvalue weighted by atomic mass is 10.0. The summed E-state index contributed by atoms with van der Waals surface area (Å²) in [6, 6.07) is 2.23. The molecule has 7 heteroatoms. The number of anilines is 1. The molecule has 0 bridgehead atoms. The van der Waals surface area contributed by atoms with Crippen LogP contribution in [0, 0.1) is 11.3 Å². The molecular formula is C14H17N3O3S. The number of hydrogen-bond donors (Lipinski definition) is 1. The van der Waals surface area contributed by atoms with Gasteiger partial charge < -0.3 is 15.0 Å². The van der Waals surface area contributed by atoms with Crippen molar-refractivity contribution >= 4 is 28.2 Å². The molecule has 21 heavy (non-hydrogen) atoms. The minimum Gasteiger partial charge on any atom is -0.469 e. The molecule has 0 saturated carbocycles. The molecule has 0 aromatic carbocycles. The molecule has 0 aliphatic carbocycles. The van der Waals surface area contributed by atoms with Crippen molar-refractivity contribution in [1.82, 2.24) is 4.90 Å². The van der Waals surface area contributed by atoms with Crippen molar-refractivity contribution in [3.8, 4) is 6.07 Å². The summed E-state index contributed by atoms with van der Waals surface area (Å²) >= 11 is 1.52. The topological polar surface area (TPSA) is 82.4 Å². The Morgan fingerprint density at radius 3 is 2.86 bits per heavy atom. The second-order valence-electron chi connectivity index (χ2n) is 4.71. The molecule has 0 fully saturated rings. The van der Waals surface area contributed by atoms with Gasteiger partial charge in [-0.3, -0.25) is 9.59 Å². The second kappa shape index (κ2) is 6.59. The van der Waals surface area contributed by atoms with Crippen LogP contribution in [0.25, 0.3) is 0 Å². The maximum absolute atomic E-state index is 12.1. The summed E-state index contributed by atoms with van der Waals surface area (Å²) < 4.78 is 4.54. The van der Waals surface area contributed by atoms with Crippen molar-refractivity contribution in [2.75, 3.05) is 26.0 Å². The fourth-order valence-electron chi connectivity index (χ4n) is 2.38. The van der Waals surface area contributed by atoms with E-state index in [9.17, 15) is 14.9 Å². The molecule has 2 heterocycles. The smallest absolute Gasteiger partial charge is 0.306 e. The molecule has 1 aromatic rings. The molecular weight excluding hydrogens is 290 g/mol. The third-order valence-electron chi connectivity index (χ3n) is 3.52. The summed E-state index contributed by atoms with van der Waals surface area (Å²) in [7, 11) is 3.10. The van der Waals surface area contributed by atoms with Crippen LogP contribution >= 0.6 is 11.3 Å². The number of methoxy groups -OCH3 is 1. The number of fused-ring (bicyclic) bond motifs is 1. The van der Waals surface area contributed by atoms with Crippen LogP contribution < -0.4 is 5.32 Å². The first-order valence-corrected chi connectivity index (χ1v) is 7.49. The molecule has 0 saturated heterocycles.